The van der Waals surface area contributed by atoms with E-state index < -0.39 is 0 Å². The number of nitrogens with one attached hydrogen (secondary N) is 2. The number of carbonyl (C=O) groups is 1. The molecule has 1 rings (SSSR count). The molecule has 0 aromatic rings. The summed E-state index contributed by atoms with van der Waals surface area (Å²) >= 11 is 0. The average molecular weight is 156 g/mol. The first-order chi connectivity index (χ1) is 5.29. The van der Waals surface area contributed by atoms with Crippen LogP contribution in [0.1, 0.15) is 13.3 Å². The minimum Gasteiger partial charge on any atom is -0.316 e. The molecule has 0 aliphatic carbocycles. The third-order valence-electron chi connectivity index (χ3n) is 1.97. The summed E-state index contributed by atoms with van der Waals surface area (Å²) in [6.45, 7) is 5.35. The molecule has 0 saturated carbocycles. The van der Waals surface area contributed by atoms with Gasteiger partial charge < -0.3 is 10.6 Å². The largest absolute Gasteiger partial charge is 0.316 e. The lowest BCUT2D eigenvalue weighted by atomic mass is 10.1. The molecule has 0 bridgehead atoms. The van der Waals surface area contributed by atoms with E-state index in [1.54, 1.807) is 6.92 Å². The van der Waals surface area contributed by atoms with Crippen LogP contribution in [-0.4, -0.2) is 32.0 Å². The van der Waals surface area contributed by atoms with Gasteiger partial charge in [-0.1, -0.05) is 0 Å². The van der Waals surface area contributed by atoms with Crippen LogP contribution in [0.5, 0.6) is 0 Å². The quantitative estimate of drug-likeness (QED) is 0.591. The van der Waals surface area contributed by atoms with Gasteiger partial charge in [0.2, 0.25) is 0 Å². The number of rotatable bonds is 4. The van der Waals surface area contributed by atoms with Crippen LogP contribution in [0.25, 0.3) is 0 Å². The van der Waals surface area contributed by atoms with Crippen LogP contribution in [-0.2, 0) is 4.79 Å². The molecule has 0 radical (unpaired) electrons. The van der Waals surface area contributed by atoms with E-state index in [1.165, 1.54) is 6.42 Å². The molecule has 64 valence electrons. The summed E-state index contributed by atoms with van der Waals surface area (Å²) in [7, 11) is 0. The Morgan fingerprint density at radius 2 is 2.55 bits per heavy atom. The van der Waals surface area contributed by atoms with Crippen molar-refractivity contribution in [3.8, 4) is 0 Å². The van der Waals surface area contributed by atoms with Crippen LogP contribution in [0.15, 0.2) is 0 Å². The highest BCUT2D eigenvalue weighted by molar-refractivity contribution is 5.77. The monoisotopic (exact) mass is 156 g/mol. The summed E-state index contributed by atoms with van der Waals surface area (Å²) in [5, 5.41) is 6.42. The van der Waals surface area contributed by atoms with Crippen molar-refractivity contribution < 1.29 is 4.79 Å². The van der Waals surface area contributed by atoms with E-state index >= 15 is 0 Å². The Morgan fingerprint density at radius 1 is 1.73 bits per heavy atom. The van der Waals surface area contributed by atoms with Gasteiger partial charge in [-0.05, 0) is 38.9 Å². The molecular formula is C8H16N2O. The number of carbonyl (C=O) groups excluding carboxylic acids is 1. The third-order valence-corrected chi connectivity index (χ3v) is 1.97. The maximum absolute atomic E-state index is 10.5. The van der Waals surface area contributed by atoms with Gasteiger partial charge >= 0.3 is 0 Å². The highest BCUT2D eigenvalue weighted by Crippen LogP contribution is 2.04. The topological polar surface area (TPSA) is 41.1 Å². The fourth-order valence-corrected chi connectivity index (χ4v) is 1.34. The summed E-state index contributed by atoms with van der Waals surface area (Å²) in [6.07, 6.45) is 1.24. The Hall–Kier alpha value is -0.410. The molecule has 2 N–H and O–H groups in total. The van der Waals surface area contributed by atoms with Gasteiger partial charge in [-0.25, -0.2) is 0 Å². The van der Waals surface area contributed by atoms with Gasteiger partial charge in [-0.15, -0.1) is 0 Å². The van der Waals surface area contributed by atoms with Crippen LogP contribution >= 0.6 is 0 Å². The number of hydrogen-bond donors (Lipinski definition) is 2. The highest BCUT2D eigenvalue weighted by Gasteiger charge is 2.13. The van der Waals surface area contributed by atoms with Gasteiger partial charge in [0.25, 0.3) is 0 Å². The molecule has 0 aromatic heterocycles. The summed E-state index contributed by atoms with van der Waals surface area (Å²) < 4.78 is 0. The Balaban J connectivity index is 1.98. The van der Waals surface area contributed by atoms with Crippen LogP contribution < -0.4 is 10.6 Å². The molecule has 1 atom stereocenters. The van der Waals surface area contributed by atoms with E-state index in [9.17, 15) is 4.79 Å². The zero-order valence-electron chi connectivity index (χ0n) is 7.02. The first kappa shape index (κ1) is 8.68. The van der Waals surface area contributed by atoms with Crippen molar-refractivity contribution in [1.82, 2.24) is 10.6 Å². The Bertz CT molecular complexity index is 130. The van der Waals surface area contributed by atoms with Crippen molar-refractivity contribution in [3.05, 3.63) is 0 Å². The molecule has 0 spiro atoms. The molecule has 1 aliphatic heterocycles. The van der Waals surface area contributed by atoms with Gasteiger partial charge in [0, 0.05) is 0 Å². The number of ketones is 1. The summed E-state index contributed by atoms with van der Waals surface area (Å²) in [6, 6.07) is 0. The summed E-state index contributed by atoms with van der Waals surface area (Å²) in [5.74, 6) is 0.949. The normalized spacial score (nSPS) is 23.9. The molecular weight excluding hydrogens is 140 g/mol. The second-order valence-corrected chi connectivity index (χ2v) is 3.19. The molecule has 1 heterocycles. The van der Waals surface area contributed by atoms with E-state index in [2.05, 4.69) is 10.6 Å². The van der Waals surface area contributed by atoms with Crippen molar-refractivity contribution >= 4 is 5.78 Å². The third kappa shape index (κ3) is 3.49. The zero-order chi connectivity index (χ0) is 8.10. The van der Waals surface area contributed by atoms with Crippen molar-refractivity contribution in [2.75, 3.05) is 26.2 Å². The predicted molar refractivity (Wildman–Crippen MR) is 44.5 cm³/mol. The van der Waals surface area contributed by atoms with Crippen molar-refractivity contribution in [2.24, 2.45) is 5.92 Å². The SMILES string of the molecule is CC(=O)CNCC1CCNC1. The van der Waals surface area contributed by atoms with E-state index in [0.29, 0.717) is 6.54 Å². The highest BCUT2D eigenvalue weighted by atomic mass is 16.1. The van der Waals surface area contributed by atoms with Crippen molar-refractivity contribution in [1.29, 1.82) is 0 Å². The van der Waals surface area contributed by atoms with Gasteiger partial charge in [-0.3, -0.25) is 4.79 Å². The average Bonchev–Trinajstić information content (AvgIpc) is 2.39. The molecule has 3 heteroatoms. The first-order valence-corrected chi connectivity index (χ1v) is 4.20. The molecule has 3 nitrogen and oxygen atoms in total. The number of Topliss-reactive ketones (excluding diaryl/α,β-unsaturated/α-hetero) is 1. The van der Waals surface area contributed by atoms with Gasteiger partial charge in [0.1, 0.15) is 5.78 Å². The maximum Gasteiger partial charge on any atom is 0.143 e. The smallest absolute Gasteiger partial charge is 0.143 e. The van der Waals surface area contributed by atoms with Crippen LogP contribution in [0.3, 0.4) is 0 Å². The van der Waals surface area contributed by atoms with Crippen molar-refractivity contribution in [3.63, 3.8) is 0 Å². The van der Waals surface area contributed by atoms with Crippen LogP contribution in [0.4, 0.5) is 0 Å². The minimum absolute atomic E-state index is 0.218. The fourth-order valence-electron chi connectivity index (χ4n) is 1.34. The van der Waals surface area contributed by atoms with Gasteiger partial charge in [-0.2, -0.15) is 0 Å². The standard InChI is InChI=1S/C8H16N2O/c1-7(11)4-10-6-8-2-3-9-5-8/h8-10H,2-6H2,1H3. The maximum atomic E-state index is 10.5. The molecule has 1 unspecified atom stereocenters. The lowest BCUT2D eigenvalue weighted by molar-refractivity contribution is -0.116. The summed E-state index contributed by atoms with van der Waals surface area (Å²) in [5.41, 5.74) is 0. The molecule has 0 aromatic carbocycles. The predicted octanol–water partition coefficient (Wildman–Crippen LogP) is -0.225. The first-order valence-electron chi connectivity index (χ1n) is 4.20. The molecule has 11 heavy (non-hydrogen) atoms. The lowest BCUT2D eigenvalue weighted by Gasteiger charge is -2.07. The fraction of sp³-hybridized carbons (Fsp3) is 0.875. The Labute approximate surface area is 67.5 Å². The molecule has 1 fully saturated rings. The Morgan fingerprint density at radius 3 is 3.09 bits per heavy atom. The second kappa shape index (κ2) is 4.46. The van der Waals surface area contributed by atoms with Gasteiger partial charge in [0.05, 0.1) is 6.54 Å². The van der Waals surface area contributed by atoms with Gasteiger partial charge in [0.15, 0.2) is 0 Å². The van der Waals surface area contributed by atoms with Crippen LogP contribution in [0, 0.1) is 5.92 Å². The zero-order valence-corrected chi connectivity index (χ0v) is 7.02. The molecule has 1 aliphatic rings. The second-order valence-electron chi connectivity index (χ2n) is 3.19. The summed E-state index contributed by atoms with van der Waals surface area (Å²) in [4.78, 5) is 10.5. The molecule has 0 amide bonds. The van der Waals surface area contributed by atoms with E-state index in [4.69, 9.17) is 0 Å². The van der Waals surface area contributed by atoms with Crippen LogP contribution in [0.2, 0.25) is 0 Å². The minimum atomic E-state index is 0.218. The van der Waals surface area contributed by atoms with E-state index in [-0.39, 0.29) is 5.78 Å². The number of hydrogen-bond acceptors (Lipinski definition) is 3. The molecule has 1 saturated heterocycles. The Kier molecular flexibility index (Phi) is 3.52. The van der Waals surface area contributed by atoms with E-state index in [0.717, 1.165) is 25.6 Å². The van der Waals surface area contributed by atoms with E-state index in [1.807, 2.05) is 0 Å². The lowest BCUT2D eigenvalue weighted by Crippen LogP contribution is -2.28. The van der Waals surface area contributed by atoms with Crippen molar-refractivity contribution in [2.45, 2.75) is 13.3 Å².